The van der Waals surface area contributed by atoms with Crippen LogP contribution in [0.2, 0.25) is 0 Å². The van der Waals surface area contributed by atoms with Gasteiger partial charge in [-0.1, -0.05) is 10.2 Å². The zero-order valence-electron chi connectivity index (χ0n) is 4.49. The second-order valence-corrected chi connectivity index (χ2v) is 1.90. The van der Waals surface area contributed by atoms with Gasteiger partial charge in [-0.3, -0.25) is 0 Å². The summed E-state index contributed by atoms with van der Waals surface area (Å²) >= 11 is 9.71. The van der Waals surface area contributed by atoms with Gasteiger partial charge in [-0.25, -0.2) is 9.59 Å². The molecule has 0 rings (SSSR count). The number of carbonyl (C=O) groups excluding carboxylic acids is 2. The summed E-state index contributed by atoms with van der Waals surface area (Å²) in [6, 6.07) is -2.18. The summed E-state index contributed by atoms with van der Waals surface area (Å²) in [5.74, 6) is 0. The molecular weight excluding hydrogens is 183 g/mol. The lowest BCUT2D eigenvalue weighted by Crippen LogP contribution is -2.07. The maximum Gasteiger partial charge on any atom is 0.392 e. The van der Waals surface area contributed by atoms with Crippen molar-refractivity contribution in [2.45, 2.75) is 0 Å². The van der Waals surface area contributed by atoms with Gasteiger partial charge in [0.25, 0.3) is 0 Å². The number of halogens is 2. The lowest BCUT2D eigenvalue weighted by Gasteiger charge is -1.92. The van der Waals surface area contributed by atoms with Crippen molar-refractivity contribution < 1.29 is 9.59 Å². The summed E-state index contributed by atoms with van der Waals surface area (Å²) in [7, 11) is 0. The molecule has 8 heteroatoms. The van der Waals surface area contributed by atoms with Crippen LogP contribution in [0.5, 0.6) is 0 Å². The smallest absolute Gasteiger partial charge is 0.348 e. The third kappa shape index (κ3) is 4.04. The van der Waals surface area contributed by atoms with E-state index < -0.39 is 12.1 Å². The second kappa shape index (κ2) is 4.02. The Hall–Kier alpha value is -0.880. The topological polar surface area (TPSA) is 88.1 Å². The molecule has 0 aliphatic heterocycles. The third-order valence-electron chi connectivity index (χ3n) is 0.379. The largest absolute Gasteiger partial charge is 0.392 e. The zero-order chi connectivity index (χ0) is 8.15. The molecule has 0 fully saturated rings. The van der Waals surface area contributed by atoms with E-state index in [0.29, 0.717) is 0 Å². The fourth-order valence-electron chi connectivity index (χ4n) is 0.126. The Balaban J connectivity index is 3.90. The number of carbonyl (C=O) groups is 2. The molecule has 0 aromatic carbocycles. The lowest BCUT2D eigenvalue weighted by atomic mass is 11.1. The number of hydrogen-bond acceptors (Lipinski definition) is 2. The summed E-state index contributed by atoms with van der Waals surface area (Å²) in [5.41, 5.74) is 4.48. The first-order valence-corrected chi connectivity index (χ1v) is 2.58. The van der Waals surface area contributed by atoms with Crippen molar-refractivity contribution in [2.24, 2.45) is 16.0 Å². The Bertz CT molecular complexity index is 178. The first kappa shape index (κ1) is 9.12. The Kier molecular flexibility index (Phi) is 3.67. The van der Waals surface area contributed by atoms with Crippen molar-refractivity contribution in [1.29, 1.82) is 0 Å². The Morgan fingerprint density at radius 2 is 1.80 bits per heavy atom. The van der Waals surface area contributed by atoms with E-state index >= 15 is 0 Å². The van der Waals surface area contributed by atoms with Crippen LogP contribution in [0.1, 0.15) is 0 Å². The molecule has 0 heterocycles. The molecule has 0 spiro atoms. The molecule has 0 bridgehead atoms. The average molecular weight is 185 g/mol. The highest BCUT2D eigenvalue weighted by atomic mass is 35.5. The van der Waals surface area contributed by atoms with E-state index in [0.717, 1.165) is 0 Å². The number of nitrogens with zero attached hydrogens (tertiary/aromatic N) is 3. The van der Waals surface area contributed by atoms with E-state index in [2.05, 4.69) is 16.0 Å². The van der Waals surface area contributed by atoms with Gasteiger partial charge in [-0.05, 0) is 0 Å². The molecule has 0 aromatic heterocycles. The van der Waals surface area contributed by atoms with E-state index in [1.807, 2.05) is 0 Å². The van der Waals surface area contributed by atoms with Crippen molar-refractivity contribution in [3.8, 4) is 0 Å². The van der Waals surface area contributed by atoms with Crippen molar-refractivity contribution in [2.75, 3.05) is 0 Å². The van der Waals surface area contributed by atoms with Crippen LogP contribution < -0.4 is 5.73 Å². The molecule has 4 amide bonds. The molecule has 0 saturated heterocycles. The number of hydrogen-bond donors (Lipinski definition) is 1. The van der Waals surface area contributed by atoms with Crippen molar-refractivity contribution in [1.82, 2.24) is 3.94 Å². The van der Waals surface area contributed by atoms with Crippen LogP contribution in [0.25, 0.3) is 0 Å². The van der Waals surface area contributed by atoms with Gasteiger partial charge in [0, 0.05) is 23.6 Å². The van der Waals surface area contributed by atoms with Crippen molar-refractivity contribution >= 4 is 35.6 Å². The number of rotatable bonds is 0. The van der Waals surface area contributed by atoms with Crippen LogP contribution in [0, 0.1) is 0 Å². The second-order valence-electron chi connectivity index (χ2n) is 1.05. The summed E-state index contributed by atoms with van der Waals surface area (Å²) < 4.78 is 0.118. The summed E-state index contributed by atoms with van der Waals surface area (Å²) in [5, 5.41) is 5.35. The molecule has 0 aromatic rings. The number of nitrogens with two attached hydrogens (primary N) is 1. The molecule has 56 valence electrons. The van der Waals surface area contributed by atoms with Gasteiger partial charge in [0.05, 0.1) is 0 Å². The fourth-order valence-corrected chi connectivity index (χ4v) is 0.193. The molecule has 6 nitrogen and oxygen atoms in total. The average Bonchev–Trinajstić information content (AvgIpc) is 1.82. The third-order valence-corrected chi connectivity index (χ3v) is 0.668. The minimum absolute atomic E-state index is 0.118. The maximum atomic E-state index is 10.2. The summed E-state index contributed by atoms with van der Waals surface area (Å²) in [4.78, 5) is 20.1. The lowest BCUT2D eigenvalue weighted by molar-refractivity contribution is 0.241. The molecular formula is C2H2Cl2N4O2. The summed E-state index contributed by atoms with van der Waals surface area (Å²) in [6.07, 6.45) is 0. The van der Waals surface area contributed by atoms with Gasteiger partial charge in [-0.15, -0.1) is 3.94 Å². The Morgan fingerprint density at radius 1 is 1.30 bits per heavy atom. The molecule has 2 N–H and O–H groups in total. The normalized spacial score (nSPS) is 9.80. The number of azo groups is 1. The first-order chi connectivity index (χ1) is 4.54. The van der Waals surface area contributed by atoms with Gasteiger partial charge >= 0.3 is 12.1 Å². The Labute approximate surface area is 65.8 Å². The van der Waals surface area contributed by atoms with Crippen LogP contribution in [0.4, 0.5) is 9.59 Å². The van der Waals surface area contributed by atoms with Crippen LogP contribution in [0.15, 0.2) is 10.2 Å². The van der Waals surface area contributed by atoms with Crippen molar-refractivity contribution in [3.63, 3.8) is 0 Å². The van der Waals surface area contributed by atoms with Crippen LogP contribution in [0.3, 0.4) is 0 Å². The quantitative estimate of drug-likeness (QED) is 0.454. The minimum atomic E-state index is -1.09. The van der Waals surface area contributed by atoms with E-state index in [-0.39, 0.29) is 3.94 Å². The van der Waals surface area contributed by atoms with Gasteiger partial charge in [-0.2, -0.15) is 0 Å². The molecule has 0 atom stereocenters. The molecule has 0 radical (unpaired) electrons. The Morgan fingerprint density at radius 3 is 2.10 bits per heavy atom. The van der Waals surface area contributed by atoms with Gasteiger partial charge in [0.2, 0.25) is 0 Å². The van der Waals surface area contributed by atoms with Crippen LogP contribution in [-0.2, 0) is 0 Å². The predicted octanol–water partition coefficient (Wildman–Crippen LogP) is 1.25. The van der Waals surface area contributed by atoms with E-state index in [1.54, 1.807) is 0 Å². The van der Waals surface area contributed by atoms with E-state index in [1.165, 1.54) is 0 Å². The molecule has 0 aliphatic carbocycles. The highest BCUT2D eigenvalue weighted by molar-refractivity contribution is 6.41. The van der Waals surface area contributed by atoms with Gasteiger partial charge in [0.1, 0.15) is 0 Å². The number of primary amides is 1. The SMILES string of the molecule is NC(=O)/N=N/C(=O)N(Cl)Cl. The zero-order valence-corrected chi connectivity index (χ0v) is 6.00. The van der Waals surface area contributed by atoms with E-state index in [9.17, 15) is 9.59 Å². The van der Waals surface area contributed by atoms with Crippen molar-refractivity contribution in [3.05, 3.63) is 0 Å². The number of amides is 4. The fraction of sp³-hybridized carbons (Fsp3) is 0. The van der Waals surface area contributed by atoms with Crippen LogP contribution >= 0.6 is 23.6 Å². The molecule has 0 aliphatic rings. The van der Waals surface area contributed by atoms with E-state index in [4.69, 9.17) is 23.6 Å². The van der Waals surface area contributed by atoms with Gasteiger partial charge in [0.15, 0.2) is 0 Å². The highest BCUT2D eigenvalue weighted by Crippen LogP contribution is 2.01. The molecule has 0 saturated carbocycles. The van der Waals surface area contributed by atoms with Gasteiger partial charge < -0.3 is 5.73 Å². The number of urea groups is 2. The predicted molar refractivity (Wildman–Crippen MR) is 33.4 cm³/mol. The highest BCUT2D eigenvalue weighted by Gasteiger charge is 2.05. The minimum Gasteiger partial charge on any atom is -0.348 e. The standard InChI is InChI=1S/C2H2Cl2N4O2/c3-8(4)2(10)7-6-1(5)9/h(H2,5,9)/b7-6+. The monoisotopic (exact) mass is 184 g/mol. The maximum absolute atomic E-state index is 10.2. The van der Waals surface area contributed by atoms with Crippen LogP contribution in [-0.4, -0.2) is 16.0 Å². The molecule has 10 heavy (non-hydrogen) atoms. The summed E-state index contributed by atoms with van der Waals surface area (Å²) in [6.45, 7) is 0. The molecule has 0 unspecified atom stereocenters. The first-order valence-electron chi connectivity index (χ1n) is 1.91.